The number of carboxylic acids is 1. The number of carbonyl (C=O) groups excluding carboxylic acids is 1. The first kappa shape index (κ1) is 14.7. The van der Waals surface area contributed by atoms with Gasteiger partial charge in [0.15, 0.2) is 0 Å². The van der Waals surface area contributed by atoms with Gasteiger partial charge in [-0.25, -0.2) is 9.59 Å². The molecule has 18 heavy (non-hydrogen) atoms. The van der Waals surface area contributed by atoms with Crippen molar-refractivity contribution in [2.24, 2.45) is 0 Å². The number of halogens is 1. The number of hydrogen-bond donors (Lipinski definition) is 3. The highest BCUT2D eigenvalue weighted by Gasteiger charge is 2.18. The molecule has 98 valence electrons. The molecule has 1 aromatic carbocycles. The van der Waals surface area contributed by atoms with Gasteiger partial charge in [-0.3, -0.25) is 0 Å². The number of thiol groups is 1. The SMILES string of the molecule is O=C(N[C@@H](CS)C(=O)O)OCc1ccccc1Cl. The van der Waals surface area contributed by atoms with Gasteiger partial charge in [-0.1, -0.05) is 29.8 Å². The molecular formula is C11H12ClNO4S. The summed E-state index contributed by atoms with van der Waals surface area (Å²) in [5.74, 6) is -1.18. The molecule has 1 atom stereocenters. The van der Waals surface area contributed by atoms with Gasteiger partial charge in [0.25, 0.3) is 0 Å². The predicted molar refractivity (Wildman–Crippen MR) is 70.0 cm³/mol. The summed E-state index contributed by atoms with van der Waals surface area (Å²) in [4.78, 5) is 22.0. The van der Waals surface area contributed by atoms with Crippen molar-refractivity contribution in [1.29, 1.82) is 0 Å². The molecule has 0 saturated carbocycles. The van der Waals surface area contributed by atoms with Crippen LogP contribution in [-0.2, 0) is 16.1 Å². The average Bonchev–Trinajstić information content (AvgIpc) is 2.34. The van der Waals surface area contributed by atoms with Crippen LogP contribution < -0.4 is 5.32 Å². The van der Waals surface area contributed by atoms with Crippen LogP contribution in [0.1, 0.15) is 5.56 Å². The topological polar surface area (TPSA) is 75.6 Å². The Balaban J connectivity index is 2.47. The molecule has 0 aliphatic rings. The highest BCUT2D eigenvalue weighted by Crippen LogP contribution is 2.15. The quantitative estimate of drug-likeness (QED) is 0.724. The molecule has 0 saturated heterocycles. The molecule has 0 heterocycles. The predicted octanol–water partition coefficient (Wildman–Crippen LogP) is 1.95. The largest absolute Gasteiger partial charge is 0.480 e. The van der Waals surface area contributed by atoms with Crippen LogP contribution >= 0.6 is 24.2 Å². The van der Waals surface area contributed by atoms with Crippen LogP contribution in [0.5, 0.6) is 0 Å². The van der Waals surface area contributed by atoms with Crippen molar-refractivity contribution in [1.82, 2.24) is 5.32 Å². The van der Waals surface area contributed by atoms with E-state index < -0.39 is 18.1 Å². The van der Waals surface area contributed by atoms with Crippen molar-refractivity contribution in [3.8, 4) is 0 Å². The fourth-order valence-electron chi connectivity index (χ4n) is 1.13. The van der Waals surface area contributed by atoms with Crippen molar-refractivity contribution >= 4 is 36.3 Å². The van der Waals surface area contributed by atoms with Gasteiger partial charge in [-0.15, -0.1) is 0 Å². The molecule has 0 aromatic heterocycles. The van der Waals surface area contributed by atoms with Crippen LogP contribution in [0.15, 0.2) is 24.3 Å². The average molecular weight is 290 g/mol. The maximum Gasteiger partial charge on any atom is 0.408 e. The lowest BCUT2D eigenvalue weighted by molar-refractivity contribution is -0.138. The summed E-state index contributed by atoms with van der Waals surface area (Å²) in [5.41, 5.74) is 0.645. The summed E-state index contributed by atoms with van der Waals surface area (Å²) >= 11 is 9.68. The van der Waals surface area contributed by atoms with Crippen LogP contribution in [-0.4, -0.2) is 29.0 Å². The number of carbonyl (C=O) groups is 2. The molecule has 0 aliphatic carbocycles. The fraction of sp³-hybridized carbons (Fsp3) is 0.273. The monoisotopic (exact) mass is 289 g/mol. The number of nitrogens with one attached hydrogen (secondary N) is 1. The molecular weight excluding hydrogens is 278 g/mol. The summed E-state index contributed by atoms with van der Waals surface area (Å²) in [5, 5.41) is 11.4. The number of carboxylic acid groups (broad SMARTS) is 1. The van der Waals surface area contributed by atoms with Crippen molar-refractivity contribution < 1.29 is 19.4 Å². The van der Waals surface area contributed by atoms with Gasteiger partial charge in [-0.2, -0.15) is 12.6 Å². The minimum atomic E-state index is -1.17. The van der Waals surface area contributed by atoms with Crippen LogP contribution in [0, 0.1) is 0 Å². The van der Waals surface area contributed by atoms with Crippen LogP contribution in [0.3, 0.4) is 0 Å². The maximum atomic E-state index is 11.3. The second-order valence-electron chi connectivity index (χ2n) is 3.39. The zero-order valence-corrected chi connectivity index (χ0v) is 10.9. The van der Waals surface area contributed by atoms with Crippen molar-refractivity contribution in [2.45, 2.75) is 12.6 Å². The van der Waals surface area contributed by atoms with Gasteiger partial charge in [0.05, 0.1) is 0 Å². The molecule has 0 aliphatic heterocycles. The zero-order chi connectivity index (χ0) is 13.5. The highest BCUT2D eigenvalue weighted by atomic mass is 35.5. The molecule has 0 fully saturated rings. The number of amides is 1. The van der Waals surface area contributed by atoms with E-state index in [0.29, 0.717) is 10.6 Å². The van der Waals surface area contributed by atoms with E-state index in [1.807, 2.05) is 0 Å². The minimum Gasteiger partial charge on any atom is -0.480 e. The molecule has 1 rings (SSSR count). The van der Waals surface area contributed by atoms with E-state index in [1.54, 1.807) is 24.3 Å². The summed E-state index contributed by atoms with van der Waals surface area (Å²) < 4.78 is 4.86. The van der Waals surface area contributed by atoms with E-state index in [-0.39, 0.29) is 12.4 Å². The molecule has 7 heteroatoms. The summed E-state index contributed by atoms with van der Waals surface area (Å²) in [7, 11) is 0. The summed E-state index contributed by atoms with van der Waals surface area (Å²) in [6, 6.07) is 5.82. The second kappa shape index (κ2) is 7.13. The number of aliphatic carboxylic acids is 1. The first-order chi connectivity index (χ1) is 8.54. The Morgan fingerprint density at radius 2 is 2.11 bits per heavy atom. The Morgan fingerprint density at radius 3 is 2.67 bits per heavy atom. The molecule has 5 nitrogen and oxygen atoms in total. The van der Waals surface area contributed by atoms with Crippen molar-refractivity contribution in [3.63, 3.8) is 0 Å². The number of rotatable bonds is 5. The standard InChI is InChI=1S/C11H12ClNO4S/c12-8-4-2-1-3-7(8)5-17-11(16)13-9(6-18)10(14)15/h1-4,9,18H,5-6H2,(H,13,16)(H,14,15)/t9-/m0/s1. The zero-order valence-electron chi connectivity index (χ0n) is 9.30. The smallest absolute Gasteiger partial charge is 0.408 e. The Labute approximate surface area is 114 Å². The molecule has 0 unspecified atom stereocenters. The second-order valence-corrected chi connectivity index (χ2v) is 4.16. The van der Waals surface area contributed by atoms with Gasteiger partial charge < -0.3 is 15.2 Å². The number of hydrogen-bond acceptors (Lipinski definition) is 4. The number of alkyl carbamates (subject to hydrolysis) is 1. The van der Waals surface area contributed by atoms with E-state index in [0.717, 1.165) is 0 Å². The number of benzene rings is 1. The van der Waals surface area contributed by atoms with Gasteiger partial charge >= 0.3 is 12.1 Å². The Morgan fingerprint density at radius 1 is 1.44 bits per heavy atom. The lowest BCUT2D eigenvalue weighted by Gasteiger charge is -2.12. The summed E-state index contributed by atoms with van der Waals surface area (Å²) in [6.45, 7) is -0.0234. The molecule has 1 amide bonds. The Hall–Kier alpha value is -1.40. The van der Waals surface area contributed by atoms with Crippen molar-refractivity contribution in [2.75, 3.05) is 5.75 Å². The minimum absolute atomic E-state index is 0.0173. The normalized spacial score (nSPS) is 11.7. The first-order valence-electron chi connectivity index (χ1n) is 5.05. The van der Waals surface area contributed by atoms with Crippen LogP contribution in [0.2, 0.25) is 5.02 Å². The van der Waals surface area contributed by atoms with E-state index in [2.05, 4.69) is 17.9 Å². The maximum absolute atomic E-state index is 11.3. The summed E-state index contributed by atoms with van der Waals surface area (Å²) in [6.07, 6.45) is -0.823. The van der Waals surface area contributed by atoms with E-state index in [1.165, 1.54) is 0 Å². The van der Waals surface area contributed by atoms with E-state index >= 15 is 0 Å². The van der Waals surface area contributed by atoms with Crippen LogP contribution in [0.25, 0.3) is 0 Å². The van der Waals surface area contributed by atoms with Gasteiger partial charge in [0.1, 0.15) is 12.6 Å². The fourth-order valence-corrected chi connectivity index (χ4v) is 1.57. The number of ether oxygens (including phenoxy) is 1. The van der Waals surface area contributed by atoms with Crippen LogP contribution in [0.4, 0.5) is 4.79 Å². The van der Waals surface area contributed by atoms with Crippen molar-refractivity contribution in [3.05, 3.63) is 34.9 Å². The van der Waals surface area contributed by atoms with E-state index in [4.69, 9.17) is 21.4 Å². The van der Waals surface area contributed by atoms with Gasteiger partial charge in [0.2, 0.25) is 0 Å². The third-order valence-electron chi connectivity index (χ3n) is 2.09. The van der Waals surface area contributed by atoms with Gasteiger partial charge in [0, 0.05) is 16.3 Å². The third-order valence-corrected chi connectivity index (χ3v) is 2.82. The lowest BCUT2D eigenvalue weighted by atomic mass is 10.2. The van der Waals surface area contributed by atoms with Gasteiger partial charge in [-0.05, 0) is 6.07 Å². The Bertz CT molecular complexity index is 441. The molecule has 0 spiro atoms. The molecule has 0 bridgehead atoms. The van der Waals surface area contributed by atoms with E-state index in [9.17, 15) is 9.59 Å². The highest BCUT2D eigenvalue weighted by molar-refractivity contribution is 7.80. The Kier molecular flexibility index (Phi) is 5.80. The lowest BCUT2D eigenvalue weighted by Crippen LogP contribution is -2.42. The first-order valence-corrected chi connectivity index (χ1v) is 6.06. The third kappa shape index (κ3) is 4.46. The molecule has 0 radical (unpaired) electrons. The molecule has 2 N–H and O–H groups in total. The molecule has 1 aromatic rings.